The second-order valence-electron chi connectivity index (χ2n) is 9.01. The van der Waals surface area contributed by atoms with Crippen LogP contribution in [-0.4, -0.2) is 49.9 Å². The van der Waals surface area contributed by atoms with E-state index in [1.165, 1.54) is 32.6 Å². The van der Waals surface area contributed by atoms with E-state index in [4.69, 9.17) is 18.6 Å². The van der Waals surface area contributed by atoms with Gasteiger partial charge in [-0.3, -0.25) is 14.9 Å². The first kappa shape index (κ1) is 29.3. The number of hydrogen-bond donors (Lipinski definition) is 3. The summed E-state index contributed by atoms with van der Waals surface area (Å²) in [5.41, 5.74) is 4.81. The first-order valence-electron chi connectivity index (χ1n) is 12.5. The SMILES string of the molecule is COC(=O)C1=C(C)NC(=O)N[C@@H]1c1ccc(OCC(=O)N/N=C\c2ccc(-c3ccc([N+](=O)[O-])cc3C)o2)c(OC)c1. The maximum Gasteiger partial charge on any atom is 0.337 e. The molecule has 0 radical (unpaired) electrons. The molecule has 2 heterocycles. The second kappa shape index (κ2) is 12.7. The van der Waals surface area contributed by atoms with Gasteiger partial charge in [-0.25, -0.2) is 15.0 Å². The van der Waals surface area contributed by atoms with Gasteiger partial charge in [0.05, 0.1) is 37.0 Å². The van der Waals surface area contributed by atoms with Crippen LogP contribution >= 0.6 is 0 Å². The molecule has 0 unspecified atom stereocenters. The van der Waals surface area contributed by atoms with Crippen molar-refractivity contribution in [1.82, 2.24) is 16.1 Å². The summed E-state index contributed by atoms with van der Waals surface area (Å²) in [7, 11) is 2.66. The molecule has 3 N–H and O–H groups in total. The van der Waals surface area contributed by atoms with Gasteiger partial charge < -0.3 is 29.3 Å². The van der Waals surface area contributed by atoms with Gasteiger partial charge in [-0.05, 0) is 55.3 Å². The summed E-state index contributed by atoms with van der Waals surface area (Å²) >= 11 is 0. The number of esters is 1. The lowest BCUT2D eigenvalue weighted by atomic mass is 9.95. The minimum Gasteiger partial charge on any atom is -0.493 e. The Labute approximate surface area is 239 Å². The molecule has 0 fully saturated rings. The molecule has 0 saturated heterocycles. The molecule has 0 bridgehead atoms. The van der Waals surface area contributed by atoms with E-state index in [-0.39, 0.29) is 22.8 Å². The summed E-state index contributed by atoms with van der Waals surface area (Å²) in [5.74, 6) is 0.184. The highest BCUT2D eigenvalue weighted by molar-refractivity contribution is 5.95. The van der Waals surface area contributed by atoms with Gasteiger partial charge >= 0.3 is 12.0 Å². The van der Waals surface area contributed by atoms with Gasteiger partial charge in [-0.1, -0.05) is 6.07 Å². The number of ether oxygens (including phenoxy) is 3. The van der Waals surface area contributed by atoms with Crippen LogP contribution in [0, 0.1) is 17.0 Å². The van der Waals surface area contributed by atoms with E-state index in [2.05, 4.69) is 21.2 Å². The fourth-order valence-corrected chi connectivity index (χ4v) is 4.26. The smallest absolute Gasteiger partial charge is 0.337 e. The summed E-state index contributed by atoms with van der Waals surface area (Å²) in [6.45, 7) is 2.94. The van der Waals surface area contributed by atoms with Crippen molar-refractivity contribution < 1.29 is 37.9 Å². The number of hydrogen-bond acceptors (Lipinski definition) is 10. The number of aryl methyl sites for hydroxylation is 1. The number of non-ortho nitro benzene ring substituents is 1. The van der Waals surface area contributed by atoms with Crippen LogP contribution in [0.25, 0.3) is 11.3 Å². The van der Waals surface area contributed by atoms with Crippen molar-refractivity contribution in [2.45, 2.75) is 19.9 Å². The Morgan fingerprint density at radius 2 is 1.90 bits per heavy atom. The number of nitrogens with one attached hydrogen (secondary N) is 3. The van der Waals surface area contributed by atoms with E-state index < -0.39 is 35.5 Å². The number of amides is 3. The highest BCUT2D eigenvalue weighted by atomic mass is 16.6. The summed E-state index contributed by atoms with van der Waals surface area (Å²) in [6, 6.07) is 11.3. The molecular formula is C28H27N5O9. The summed E-state index contributed by atoms with van der Waals surface area (Å²) < 4.78 is 21.6. The van der Waals surface area contributed by atoms with Crippen LogP contribution in [0.15, 0.2) is 69.3 Å². The average Bonchev–Trinajstić information content (AvgIpc) is 3.43. The normalized spacial score (nSPS) is 14.7. The van der Waals surface area contributed by atoms with Gasteiger partial charge in [0.2, 0.25) is 0 Å². The van der Waals surface area contributed by atoms with Crippen LogP contribution in [0.2, 0.25) is 0 Å². The van der Waals surface area contributed by atoms with Gasteiger partial charge in [0.15, 0.2) is 18.1 Å². The van der Waals surface area contributed by atoms with Gasteiger partial charge in [0.25, 0.3) is 11.6 Å². The van der Waals surface area contributed by atoms with Gasteiger partial charge in [0.1, 0.15) is 11.5 Å². The first-order chi connectivity index (χ1) is 20.1. The molecule has 3 aromatic rings. The third kappa shape index (κ3) is 6.55. The molecule has 3 amide bonds. The van der Waals surface area contributed by atoms with E-state index >= 15 is 0 Å². The van der Waals surface area contributed by atoms with Crippen molar-refractivity contribution in [3.8, 4) is 22.8 Å². The maximum absolute atomic E-state index is 12.3. The molecule has 0 saturated carbocycles. The molecule has 0 spiro atoms. The predicted octanol–water partition coefficient (Wildman–Crippen LogP) is 3.50. The lowest BCUT2D eigenvalue weighted by Gasteiger charge is -2.28. The highest BCUT2D eigenvalue weighted by Crippen LogP contribution is 2.34. The number of furan rings is 1. The molecule has 1 aliphatic heterocycles. The van der Waals surface area contributed by atoms with Crippen molar-refractivity contribution in [3.63, 3.8) is 0 Å². The third-order valence-electron chi connectivity index (χ3n) is 6.25. The number of urea groups is 1. The number of benzene rings is 2. The molecule has 218 valence electrons. The number of hydrazone groups is 1. The molecule has 1 aliphatic rings. The van der Waals surface area contributed by atoms with Crippen molar-refractivity contribution in [3.05, 3.63) is 86.8 Å². The van der Waals surface area contributed by atoms with E-state index in [0.29, 0.717) is 33.9 Å². The van der Waals surface area contributed by atoms with Crippen molar-refractivity contribution in [2.75, 3.05) is 20.8 Å². The Balaban J connectivity index is 1.37. The van der Waals surface area contributed by atoms with Crippen LogP contribution in [0.3, 0.4) is 0 Å². The number of carbonyl (C=O) groups excluding carboxylic acids is 3. The number of nitrogens with zero attached hydrogens (tertiary/aromatic N) is 2. The molecule has 42 heavy (non-hydrogen) atoms. The zero-order chi connectivity index (χ0) is 30.4. The maximum atomic E-state index is 12.3. The van der Waals surface area contributed by atoms with Crippen molar-refractivity contribution >= 4 is 29.8 Å². The van der Waals surface area contributed by atoms with Crippen molar-refractivity contribution in [1.29, 1.82) is 0 Å². The quantitative estimate of drug-likeness (QED) is 0.140. The number of methoxy groups -OCH3 is 2. The number of nitro groups is 1. The van der Waals surface area contributed by atoms with E-state index in [1.807, 2.05) is 0 Å². The number of rotatable bonds is 10. The zero-order valence-electron chi connectivity index (χ0n) is 23.0. The monoisotopic (exact) mass is 577 g/mol. The van der Waals surface area contributed by atoms with E-state index in [9.17, 15) is 24.5 Å². The number of carbonyl (C=O) groups is 3. The van der Waals surface area contributed by atoms with Gasteiger partial charge in [-0.15, -0.1) is 0 Å². The van der Waals surface area contributed by atoms with Crippen LogP contribution in [0.5, 0.6) is 11.5 Å². The Morgan fingerprint density at radius 3 is 2.60 bits per heavy atom. The standard InChI is InChI=1S/C28H27N5O9/c1-15-11-18(33(37)38)6-8-20(15)21-10-7-19(42-21)13-29-32-24(34)14-41-22-9-5-17(12-23(22)39-3)26-25(27(35)40-4)16(2)30-28(36)31-26/h5-13,26H,14H2,1-4H3,(H,32,34)(H2,30,31,36)/b29-13-/t26-/m1/s1. The average molecular weight is 578 g/mol. The largest absolute Gasteiger partial charge is 0.493 e. The Hall–Kier alpha value is -5.66. The summed E-state index contributed by atoms with van der Waals surface area (Å²) in [5, 5.41) is 20.1. The Morgan fingerprint density at radius 1 is 1.12 bits per heavy atom. The molecule has 2 aromatic carbocycles. The Bertz CT molecular complexity index is 1610. The molecule has 1 atom stereocenters. The van der Waals surface area contributed by atoms with Gasteiger partial charge in [0, 0.05) is 23.4 Å². The van der Waals surface area contributed by atoms with Crippen LogP contribution in [0.4, 0.5) is 10.5 Å². The van der Waals surface area contributed by atoms with Crippen LogP contribution in [0.1, 0.15) is 29.9 Å². The summed E-state index contributed by atoms with van der Waals surface area (Å²) in [4.78, 5) is 47.2. The second-order valence-corrected chi connectivity index (χ2v) is 9.01. The van der Waals surface area contributed by atoms with Crippen molar-refractivity contribution in [2.24, 2.45) is 5.10 Å². The van der Waals surface area contributed by atoms with Gasteiger partial charge in [-0.2, -0.15) is 5.10 Å². The Kier molecular flexibility index (Phi) is 8.85. The topological polar surface area (TPSA) is 184 Å². The van der Waals surface area contributed by atoms with E-state index in [1.54, 1.807) is 50.2 Å². The molecule has 4 rings (SSSR count). The first-order valence-corrected chi connectivity index (χ1v) is 12.5. The zero-order valence-corrected chi connectivity index (χ0v) is 23.0. The summed E-state index contributed by atoms with van der Waals surface area (Å²) in [6.07, 6.45) is 1.30. The van der Waals surface area contributed by atoms with Crippen LogP contribution in [-0.2, 0) is 14.3 Å². The lowest BCUT2D eigenvalue weighted by molar-refractivity contribution is -0.384. The van der Waals surface area contributed by atoms with E-state index in [0.717, 1.165) is 0 Å². The molecule has 1 aromatic heterocycles. The molecule has 14 nitrogen and oxygen atoms in total. The highest BCUT2D eigenvalue weighted by Gasteiger charge is 2.32. The fraction of sp³-hybridized carbons (Fsp3) is 0.214. The lowest BCUT2D eigenvalue weighted by Crippen LogP contribution is -2.45. The fourth-order valence-electron chi connectivity index (χ4n) is 4.26. The predicted molar refractivity (Wildman–Crippen MR) is 149 cm³/mol. The third-order valence-corrected chi connectivity index (χ3v) is 6.25. The number of nitro benzene ring substituents is 1. The van der Waals surface area contributed by atoms with Crippen LogP contribution < -0.4 is 25.5 Å². The minimum atomic E-state index is -0.793. The molecule has 14 heteroatoms. The minimum absolute atomic E-state index is 0.0155. The molecular weight excluding hydrogens is 550 g/mol. The number of allylic oxidation sites excluding steroid dienone is 1. The molecule has 0 aliphatic carbocycles.